The summed E-state index contributed by atoms with van der Waals surface area (Å²) >= 11 is 0. The van der Waals surface area contributed by atoms with Gasteiger partial charge in [-0.1, -0.05) is 30.3 Å². The molecule has 0 spiro atoms. The predicted octanol–water partition coefficient (Wildman–Crippen LogP) is 2.48. The predicted molar refractivity (Wildman–Crippen MR) is 160 cm³/mol. The smallest absolute Gasteiger partial charge is 0.332 e. The van der Waals surface area contributed by atoms with Gasteiger partial charge in [-0.25, -0.2) is 14.8 Å². The molecule has 1 fully saturated rings. The molecule has 5 aromatic rings. The van der Waals surface area contributed by atoms with Gasteiger partial charge in [0.2, 0.25) is 5.95 Å². The molecule has 0 unspecified atom stereocenters. The Bertz CT molecular complexity index is 2060. The van der Waals surface area contributed by atoms with E-state index in [1.807, 2.05) is 47.6 Å². The van der Waals surface area contributed by atoms with Crippen molar-refractivity contribution in [2.24, 2.45) is 7.05 Å². The molecule has 0 radical (unpaired) electrons. The number of carbonyl (C=O) groups excluding carboxylic acids is 2. The Morgan fingerprint density at radius 3 is 2.30 bits per heavy atom. The number of rotatable bonds is 5. The molecule has 3 aromatic heterocycles. The second-order valence-electron chi connectivity index (χ2n) is 11.1. The van der Waals surface area contributed by atoms with Crippen LogP contribution in [0.1, 0.15) is 52.0 Å². The maximum atomic E-state index is 13.9. The third-order valence-electron chi connectivity index (χ3n) is 8.54. The number of hydrogen-bond donors (Lipinski definition) is 0. The van der Waals surface area contributed by atoms with E-state index in [9.17, 15) is 19.2 Å². The lowest BCUT2D eigenvalue weighted by atomic mass is 10.0. The zero-order chi connectivity index (χ0) is 30.0. The monoisotopic (exact) mass is 578 g/mol. The highest BCUT2D eigenvalue weighted by Gasteiger charge is 2.41. The number of carbonyl (C=O) groups is 2. The molecule has 12 nitrogen and oxygen atoms in total. The normalized spacial score (nSPS) is 17.0. The van der Waals surface area contributed by atoms with Gasteiger partial charge in [-0.2, -0.15) is 4.98 Å². The van der Waals surface area contributed by atoms with Gasteiger partial charge in [-0.3, -0.25) is 28.4 Å². The van der Waals surface area contributed by atoms with Crippen LogP contribution in [0.4, 0.5) is 5.95 Å². The number of hydrogen-bond acceptors (Lipinski definition) is 8. The van der Waals surface area contributed by atoms with Gasteiger partial charge in [0.1, 0.15) is 5.82 Å². The number of piperidine rings is 1. The Hall–Kier alpha value is -5.13. The second kappa shape index (κ2) is 10.0. The van der Waals surface area contributed by atoms with Gasteiger partial charge in [0.25, 0.3) is 17.4 Å². The van der Waals surface area contributed by atoms with Crippen molar-refractivity contribution in [3.05, 3.63) is 92.0 Å². The fourth-order valence-corrected chi connectivity index (χ4v) is 6.43. The Kier molecular flexibility index (Phi) is 6.22. The summed E-state index contributed by atoms with van der Waals surface area (Å²) in [7, 11) is 1.60. The highest BCUT2D eigenvalue weighted by atomic mass is 16.2. The van der Waals surface area contributed by atoms with Crippen LogP contribution in [0.15, 0.2) is 58.1 Å². The summed E-state index contributed by atoms with van der Waals surface area (Å²) in [6.45, 7) is 5.16. The number of fused-ring (bicyclic) bond motifs is 3. The summed E-state index contributed by atoms with van der Waals surface area (Å²) in [5, 5.41) is 0.914. The van der Waals surface area contributed by atoms with E-state index in [4.69, 9.17) is 4.98 Å². The molecule has 0 N–H and O–H groups in total. The van der Waals surface area contributed by atoms with Crippen LogP contribution < -0.4 is 16.1 Å². The first kappa shape index (κ1) is 26.7. The first-order valence-electron chi connectivity index (χ1n) is 14.4. The highest BCUT2D eigenvalue weighted by Crippen LogP contribution is 2.30. The summed E-state index contributed by atoms with van der Waals surface area (Å²) in [6, 6.07) is 14.2. The van der Waals surface area contributed by atoms with Crippen molar-refractivity contribution in [2.45, 2.75) is 45.8 Å². The maximum absolute atomic E-state index is 13.9. The number of anilines is 1. The van der Waals surface area contributed by atoms with Crippen LogP contribution in [0.2, 0.25) is 0 Å². The number of imide groups is 1. The number of aromatic nitrogens is 6. The Morgan fingerprint density at radius 2 is 1.58 bits per heavy atom. The van der Waals surface area contributed by atoms with Crippen molar-refractivity contribution in [1.82, 2.24) is 33.6 Å². The van der Waals surface area contributed by atoms with Crippen molar-refractivity contribution in [3.63, 3.8) is 0 Å². The molecule has 2 amide bonds. The van der Waals surface area contributed by atoms with Crippen LogP contribution in [0, 0.1) is 6.92 Å². The minimum Gasteiger partial charge on any atom is -0.340 e. The van der Waals surface area contributed by atoms with Gasteiger partial charge < -0.3 is 9.47 Å². The molecule has 2 aliphatic heterocycles. The van der Waals surface area contributed by atoms with E-state index in [1.54, 1.807) is 31.3 Å². The van der Waals surface area contributed by atoms with Crippen LogP contribution >= 0.6 is 0 Å². The summed E-state index contributed by atoms with van der Waals surface area (Å²) < 4.78 is 4.35. The van der Waals surface area contributed by atoms with Crippen molar-refractivity contribution in [3.8, 4) is 0 Å². The summed E-state index contributed by atoms with van der Waals surface area (Å²) in [6.07, 6.45) is 1.40. The first-order chi connectivity index (χ1) is 20.8. The van der Waals surface area contributed by atoms with Gasteiger partial charge in [0.15, 0.2) is 11.2 Å². The summed E-state index contributed by atoms with van der Waals surface area (Å²) in [5.41, 5.74) is 1.96. The van der Waals surface area contributed by atoms with Crippen molar-refractivity contribution >= 4 is 39.8 Å². The molecule has 218 valence electrons. The zero-order valence-corrected chi connectivity index (χ0v) is 24.1. The van der Waals surface area contributed by atoms with E-state index in [0.717, 1.165) is 27.6 Å². The molecule has 7 rings (SSSR count). The molecule has 0 aliphatic carbocycles. The highest BCUT2D eigenvalue weighted by molar-refractivity contribution is 6.21. The molecule has 2 aliphatic rings. The van der Waals surface area contributed by atoms with E-state index >= 15 is 0 Å². The quantitative estimate of drug-likeness (QED) is 0.291. The minimum absolute atomic E-state index is 0.0805. The molecule has 5 heterocycles. The van der Waals surface area contributed by atoms with Crippen molar-refractivity contribution in [1.29, 1.82) is 0 Å². The fraction of sp³-hybridized carbons (Fsp3) is 0.323. The zero-order valence-electron chi connectivity index (χ0n) is 24.1. The molecular formula is C31H30N8O4. The van der Waals surface area contributed by atoms with Crippen LogP contribution in [0.5, 0.6) is 0 Å². The Balaban J connectivity index is 1.27. The number of aryl methyl sites for hydroxylation is 3. The average Bonchev–Trinajstić information content (AvgIpc) is 3.54. The number of para-hydroxylation sites is 1. The maximum Gasteiger partial charge on any atom is 0.332 e. The SMILES string of the molecule is CCn1c(N2CCC[C@@H](N3C(=O)c4ccccc4C3=O)C2)nc2c1c(=O)n(Cc1nc(C)c3ccccc3n1)c(=O)n2C. The third kappa shape index (κ3) is 4.08. The summed E-state index contributed by atoms with van der Waals surface area (Å²) in [5.74, 6) is 0.333. The van der Waals surface area contributed by atoms with Gasteiger partial charge in [-0.05, 0) is 44.9 Å². The van der Waals surface area contributed by atoms with E-state index < -0.39 is 11.2 Å². The van der Waals surface area contributed by atoms with E-state index in [0.29, 0.717) is 54.5 Å². The molecule has 0 saturated carbocycles. The lowest BCUT2D eigenvalue weighted by Gasteiger charge is -2.37. The standard InChI is InChI=1S/C31H30N8O4/c1-4-37-25-26(35(3)31(43)38(29(25)42)17-24-32-18(2)20-11-7-8-14-23(20)33-24)34-30(37)36-15-9-10-19(16-36)39-27(40)21-12-5-6-13-22(21)28(39)41/h5-8,11-14,19H,4,9-10,15-17H2,1-3H3/t19-/m1/s1. The van der Waals surface area contributed by atoms with Gasteiger partial charge in [-0.15, -0.1) is 0 Å². The lowest BCUT2D eigenvalue weighted by molar-refractivity contribution is 0.0569. The molecule has 43 heavy (non-hydrogen) atoms. The summed E-state index contributed by atoms with van der Waals surface area (Å²) in [4.78, 5) is 71.1. The van der Waals surface area contributed by atoms with Gasteiger partial charge in [0, 0.05) is 37.8 Å². The topological polar surface area (TPSA) is 128 Å². The van der Waals surface area contributed by atoms with E-state index in [2.05, 4.69) is 9.97 Å². The molecule has 12 heteroatoms. The Labute approximate surface area is 245 Å². The number of nitrogens with zero attached hydrogens (tertiary/aromatic N) is 8. The minimum atomic E-state index is -0.512. The van der Waals surface area contributed by atoms with Crippen LogP contribution in [-0.4, -0.2) is 64.5 Å². The fourth-order valence-electron chi connectivity index (χ4n) is 6.43. The number of amides is 2. The van der Waals surface area contributed by atoms with Crippen LogP contribution in [-0.2, 0) is 20.1 Å². The van der Waals surface area contributed by atoms with Crippen molar-refractivity contribution in [2.75, 3.05) is 18.0 Å². The van der Waals surface area contributed by atoms with Crippen molar-refractivity contribution < 1.29 is 9.59 Å². The van der Waals surface area contributed by atoms with E-state index in [1.165, 1.54) is 9.47 Å². The number of benzene rings is 2. The largest absolute Gasteiger partial charge is 0.340 e. The van der Waals surface area contributed by atoms with Gasteiger partial charge in [0.05, 0.1) is 29.2 Å². The third-order valence-corrected chi connectivity index (χ3v) is 8.54. The molecule has 0 bridgehead atoms. The molecule has 1 atom stereocenters. The second-order valence-corrected chi connectivity index (χ2v) is 11.1. The Morgan fingerprint density at radius 1 is 0.884 bits per heavy atom. The lowest BCUT2D eigenvalue weighted by Crippen LogP contribution is -2.50. The number of imidazole rings is 1. The molecule has 2 aromatic carbocycles. The van der Waals surface area contributed by atoms with Crippen LogP contribution in [0.25, 0.3) is 22.1 Å². The molecule has 1 saturated heterocycles. The molecular weight excluding hydrogens is 548 g/mol. The van der Waals surface area contributed by atoms with Crippen LogP contribution in [0.3, 0.4) is 0 Å². The van der Waals surface area contributed by atoms with E-state index in [-0.39, 0.29) is 30.0 Å². The van der Waals surface area contributed by atoms with Gasteiger partial charge >= 0.3 is 5.69 Å². The average molecular weight is 579 g/mol. The first-order valence-corrected chi connectivity index (χ1v) is 14.4.